The molecule has 0 saturated carbocycles. The molecule has 0 aliphatic rings. The van der Waals surface area contributed by atoms with Crippen LogP contribution in [0.15, 0.2) is 53.1 Å². The number of carbonyl (C=O) groups is 2. The molecule has 0 aliphatic carbocycles. The Morgan fingerprint density at radius 2 is 1.77 bits per heavy atom. The molecule has 164 valence electrons. The van der Waals surface area contributed by atoms with Crippen molar-refractivity contribution < 1.29 is 14.0 Å². The minimum atomic E-state index is -0.151. The molecule has 2 aromatic heterocycles. The van der Waals surface area contributed by atoms with Crippen LogP contribution in [0.3, 0.4) is 0 Å². The number of carbonyl (C=O) groups excluding carboxylic acids is 2. The standard InChI is InChI=1S/C24H30N4O3/c1-17-10-12-18(13-11-17)28-21(15-20(27-28)24(2,3)4)26-23(30)9-5-8-22(29)25-16-19-7-6-14-31-19/h6-7,10-15H,5,8-9,16H2,1-4H3,(H,25,29)(H,26,30). The molecule has 0 unspecified atom stereocenters. The van der Waals surface area contributed by atoms with E-state index in [4.69, 9.17) is 9.52 Å². The fourth-order valence-corrected chi connectivity index (χ4v) is 3.02. The van der Waals surface area contributed by atoms with Crippen LogP contribution in [-0.4, -0.2) is 21.6 Å². The average Bonchev–Trinajstić information content (AvgIpc) is 3.37. The highest BCUT2D eigenvalue weighted by atomic mass is 16.3. The van der Waals surface area contributed by atoms with Crippen LogP contribution in [0.4, 0.5) is 5.82 Å². The first-order valence-electron chi connectivity index (χ1n) is 10.5. The number of anilines is 1. The van der Waals surface area contributed by atoms with Crippen LogP contribution in [0.2, 0.25) is 0 Å². The SMILES string of the molecule is Cc1ccc(-n2nc(C(C)(C)C)cc2NC(=O)CCCC(=O)NCc2ccco2)cc1. The Bertz CT molecular complexity index is 1010. The van der Waals surface area contributed by atoms with Crippen molar-refractivity contribution in [3.05, 3.63) is 65.7 Å². The second-order valence-electron chi connectivity index (χ2n) is 8.67. The molecule has 0 fully saturated rings. The van der Waals surface area contributed by atoms with E-state index >= 15 is 0 Å². The molecule has 0 bridgehead atoms. The molecule has 3 aromatic rings. The van der Waals surface area contributed by atoms with Crippen LogP contribution in [0, 0.1) is 6.92 Å². The quantitative estimate of drug-likeness (QED) is 0.559. The van der Waals surface area contributed by atoms with E-state index in [1.807, 2.05) is 37.3 Å². The fourth-order valence-electron chi connectivity index (χ4n) is 3.02. The van der Waals surface area contributed by atoms with Crippen LogP contribution in [0.1, 0.15) is 57.1 Å². The number of nitrogens with zero attached hydrogens (tertiary/aromatic N) is 2. The molecule has 7 nitrogen and oxygen atoms in total. The fraction of sp³-hybridized carbons (Fsp3) is 0.375. The van der Waals surface area contributed by atoms with Crippen molar-refractivity contribution in [2.45, 2.75) is 58.9 Å². The molecule has 0 aliphatic heterocycles. The van der Waals surface area contributed by atoms with Crippen molar-refractivity contribution in [2.75, 3.05) is 5.32 Å². The molecule has 0 atom stereocenters. The number of aromatic nitrogens is 2. The topological polar surface area (TPSA) is 89.2 Å². The third kappa shape index (κ3) is 6.31. The lowest BCUT2D eigenvalue weighted by molar-refractivity contribution is -0.121. The molecule has 7 heteroatoms. The molecule has 3 rings (SSSR count). The van der Waals surface area contributed by atoms with Gasteiger partial charge < -0.3 is 15.1 Å². The zero-order chi connectivity index (χ0) is 22.4. The van der Waals surface area contributed by atoms with Gasteiger partial charge in [0.1, 0.15) is 11.6 Å². The summed E-state index contributed by atoms with van der Waals surface area (Å²) in [6.45, 7) is 8.63. The Hall–Kier alpha value is -3.35. The third-order valence-electron chi connectivity index (χ3n) is 4.87. The molecule has 0 spiro atoms. The van der Waals surface area contributed by atoms with E-state index in [0.717, 1.165) is 16.9 Å². The van der Waals surface area contributed by atoms with E-state index in [2.05, 4.69) is 31.4 Å². The lowest BCUT2D eigenvalue weighted by atomic mass is 9.92. The summed E-state index contributed by atoms with van der Waals surface area (Å²) in [7, 11) is 0. The second-order valence-corrected chi connectivity index (χ2v) is 8.67. The third-order valence-corrected chi connectivity index (χ3v) is 4.87. The number of nitrogens with one attached hydrogen (secondary N) is 2. The minimum Gasteiger partial charge on any atom is -0.467 e. The normalized spacial score (nSPS) is 11.4. The van der Waals surface area contributed by atoms with Gasteiger partial charge in [-0.05, 0) is 37.6 Å². The predicted molar refractivity (Wildman–Crippen MR) is 120 cm³/mol. The average molecular weight is 423 g/mol. The lowest BCUT2D eigenvalue weighted by Crippen LogP contribution is -2.22. The van der Waals surface area contributed by atoms with E-state index < -0.39 is 0 Å². The highest BCUT2D eigenvalue weighted by Gasteiger charge is 2.21. The minimum absolute atomic E-state index is 0.107. The Morgan fingerprint density at radius 1 is 1.06 bits per heavy atom. The first kappa shape index (κ1) is 22.3. The number of furan rings is 1. The smallest absolute Gasteiger partial charge is 0.225 e. The van der Waals surface area contributed by atoms with Crippen molar-refractivity contribution in [2.24, 2.45) is 0 Å². The van der Waals surface area contributed by atoms with Crippen molar-refractivity contribution in [1.29, 1.82) is 0 Å². The van der Waals surface area contributed by atoms with Crippen LogP contribution in [0.25, 0.3) is 5.69 Å². The van der Waals surface area contributed by atoms with Crippen LogP contribution in [-0.2, 0) is 21.5 Å². The number of hydrogen-bond donors (Lipinski definition) is 2. The maximum absolute atomic E-state index is 12.5. The maximum atomic E-state index is 12.5. The zero-order valence-electron chi connectivity index (χ0n) is 18.6. The molecular weight excluding hydrogens is 392 g/mol. The highest BCUT2D eigenvalue weighted by Crippen LogP contribution is 2.26. The molecule has 31 heavy (non-hydrogen) atoms. The van der Waals surface area contributed by atoms with Gasteiger partial charge in [-0.25, -0.2) is 4.68 Å². The van der Waals surface area contributed by atoms with Crippen LogP contribution < -0.4 is 10.6 Å². The summed E-state index contributed by atoms with van der Waals surface area (Å²) in [6, 6.07) is 13.5. The molecule has 0 saturated heterocycles. The summed E-state index contributed by atoms with van der Waals surface area (Å²) in [6.07, 6.45) is 2.55. The zero-order valence-corrected chi connectivity index (χ0v) is 18.6. The van der Waals surface area contributed by atoms with E-state index in [1.54, 1.807) is 23.1 Å². The summed E-state index contributed by atoms with van der Waals surface area (Å²) in [5, 5.41) is 10.5. The van der Waals surface area contributed by atoms with Crippen molar-refractivity contribution in [3.63, 3.8) is 0 Å². The van der Waals surface area contributed by atoms with Crippen LogP contribution >= 0.6 is 0 Å². The molecule has 2 N–H and O–H groups in total. The molecule has 2 amide bonds. The first-order chi connectivity index (χ1) is 14.7. The lowest BCUT2D eigenvalue weighted by Gasteiger charge is -2.14. The monoisotopic (exact) mass is 422 g/mol. The van der Waals surface area contributed by atoms with Gasteiger partial charge in [-0.3, -0.25) is 9.59 Å². The van der Waals surface area contributed by atoms with Gasteiger partial charge in [-0.2, -0.15) is 5.10 Å². The van der Waals surface area contributed by atoms with Gasteiger partial charge in [0.15, 0.2) is 0 Å². The van der Waals surface area contributed by atoms with E-state index in [0.29, 0.717) is 24.5 Å². The highest BCUT2D eigenvalue weighted by molar-refractivity contribution is 5.90. The van der Waals surface area contributed by atoms with E-state index in [1.165, 1.54) is 0 Å². The van der Waals surface area contributed by atoms with Gasteiger partial charge in [-0.15, -0.1) is 0 Å². The molecule has 2 heterocycles. The summed E-state index contributed by atoms with van der Waals surface area (Å²) >= 11 is 0. The Labute approximate surface area is 182 Å². The van der Waals surface area contributed by atoms with Crippen molar-refractivity contribution in [3.8, 4) is 5.69 Å². The first-order valence-corrected chi connectivity index (χ1v) is 10.5. The van der Waals surface area contributed by atoms with E-state index in [-0.39, 0.29) is 30.1 Å². The van der Waals surface area contributed by atoms with Crippen LogP contribution in [0.5, 0.6) is 0 Å². The summed E-state index contributed by atoms with van der Waals surface area (Å²) in [4.78, 5) is 24.5. The Kier molecular flexibility index (Phi) is 6.95. The molecule has 1 aromatic carbocycles. The largest absolute Gasteiger partial charge is 0.467 e. The van der Waals surface area contributed by atoms with Gasteiger partial charge in [0.05, 0.1) is 24.2 Å². The van der Waals surface area contributed by atoms with Gasteiger partial charge in [0, 0.05) is 24.3 Å². The molecule has 0 radical (unpaired) electrons. The Balaban J connectivity index is 1.59. The summed E-state index contributed by atoms with van der Waals surface area (Å²) < 4.78 is 6.94. The second kappa shape index (κ2) is 9.64. The Morgan fingerprint density at radius 3 is 2.42 bits per heavy atom. The van der Waals surface area contributed by atoms with Gasteiger partial charge >= 0.3 is 0 Å². The van der Waals surface area contributed by atoms with Gasteiger partial charge in [0.25, 0.3) is 0 Å². The number of rotatable bonds is 8. The number of amides is 2. The number of aryl methyl sites for hydroxylation is 1. The van der Waals surface area contributed by atoms with Crippen molar-refractivity contribution in [1.82, 2.24) is 15.1 Å². The predicted octanol–water partition coefficient (Wildman–Crippen LogP) is 4.50. The van der Waals surface area contributed by atoms with Crippen molar-refractivity contribution >= 4 is 17.6 Å². The molecular formula is C24H30N4O3. The summed E-state index contributed by atoms with van der Waals surface area (Å²) in [5.41, 5.74) is 2.78. The van der Waals surface area contributed by atoms with E-state index in [9.17, 15) is 9.59 Å². The maximum Gasteiger partial charge on any atom is 0.225 e. The summed E-state index contributed by atoms with van der Waals surface area (Å²) in [5.74, 6) is 1.07. The number of benzene rings is 1. The number of hydrogen-bond acceptors (Lipinski definition) is 4. The van der Waals surface area contributed by atoms with Gasteiger partial charge in [-0.1, -0.05) is 38.5 Å². The van der Waals surface area contributed by atoms with Gasteiger partial charge in [0.2, 0.25) is 11.8 Å².